The fraction of sp³-hybridized carbons (Fsp3) is 0. The Bertz CT molecular complexity index is 27.1. The predicted molar refractivity (Wildman–Crippen MR) is 37.0 cm³/mol. The topological polar surface area (TPSA) is 342 Å². The molecular formula is Al5O12Y3. The molecule has 0 rings (SSSR count). The van der Waals surface area contributed by atoms with E-state index in [-0.39, 0.29) is 251 Å². The van der Waals surface area contributed by atoms with Crippen molar-refractivity contribution in [2.45, 2.75) is 0 Å². The van der Waals surface area contributed by atoms with Gasteiger partial charge in [-0.25, -0.2) is 0 Å². The minimum Gasteiger partial charge on any atom is -2.00 e. The summed E-state index contributed by atoms with van der Waals surface area (Å²) in [6, 6.07) is 0. The van der Waals surface area contributed by atoms with E-state index in [1.165, 1.54) is 0 Å². The van der Waals surface area contributed by atoms with Crippen molar-refractivity contribution in [3.63, 3.8) is 0 Å². The summed E-state index contributed by atoms with van der Waals surface area (Å²) in [6.45, 7) is 0. The molecule has 0 saturated heterocycles. The second kappa shape index (κ2) is 448. The van der Waals surface area contributed by atoms with Gasteiger partial charge in [0, 0.05) is 0 Å². The maximum Gasteiger partial charge on any atom is 3.00 e. The van der Waals surface area contributed by atoms with E-state index in [9.17, 15) is 0 Å². The molecule has 0 saturated carbocycles. The van der Waals surface area contributed by atoms with Crippen LogP contribution in [0, 0.1) is 0 Å². The van der Waals surface area contributed by atoms with E-state index in [1.54, 1.807) is 0 Å². The van der Waals surface area contributed by atoms with Gasteiger partial charge in [-0.15, -0.1) is 0 Å². The molecule has 0 heterocycles. The Balaban J connectivity index is 0. The summed E-state index contributed by atoms with van der Waals surface area (Å²) in [5.41, 5.74) is 0. The third-order valence-electron chi connectivity index (χ3n) is 0. The van der Waals surface area contributed by atoms with Gasteiger partial charge >= 0.3 is 185 Å². The molecular weight excluding hydrogens is 594 g/mol. The van der Waals surface area contributed by atoms with Gasteiger partial charge in [-0.2, -0.15) is 0 Å². The molecule has 0 amide bonds. The second-order valence-corrected chi connectivity index (χ2v) is 0. The van der Waals surface area contributed by atoms with Crippen LogP contribution in [0.5, 0.6) is 0 Å². The molecule has 0 aliphatic carbocycles. The molecule has 0 aromatic rings. The predicted octanol–water partition coefficient (Wildman–Crippen LogP) is -3.34. The average Bonchev–Trinajstić information content (AvgIpc) is 0. The van der Waals surface area contributed by atoms with Gasteiger partial charge in [-0.05, 0) is 0 Å². The van der Waals surface area contributed by atoms with Crippen molar-refractivity contribution in [1.82, 2.24) is 0 Å². The zero-order valence-corrected chi connectivity index (χ0v) is 23.8. The van der Waals surface area contributed by atoms with E-state index < -0.39 is 0 Å². The molecule has 96 valence electrons. The zero-order valence-electron chi connectivity index (χ0n) is 9.52. The Kier molecular flexibility index (Phi) is 11300. The number of hydrogen-bond acceptors (Lipinski definition) is 0. The molecule has 0 fully saturated rings. The maximum atomic E-state index is 0. The summed E-state index contributed by atoms with van der Waals surface area (Å²) >= 11 is 0. The van der Waals surface area contributed by atoms with Gasteiger partial charge in [0.2, 0.25) is 0 Å². The minimum atomic E-state index is 0. The molecule has 0 atom stereocenters. The summed E-state index contributed by atoms with van der Waals surface area (Å²) in [7, 11) is 0. The Morgan fingerprint density at radius 1 is 0.150 bits per heavy atom. The minimum absolute atomic E-state index is 0. The Morgan fingerprint density at radius 3 is 0.150 bits per heavy atom. The molecule has 0 bridgehead atoms. The SMILES string of the molecule is [Al+3].[Al+3].[Al+3].[Al+3].[Al+3].[O-2].[O-2].[O-2].[O-2].[O-2].[O-2].[O-2].[O-2].[O-2].[O-2].[O-2].[O-2].[Y+3].[Y+3].[Y+3]. The maximum absolute atomic E-state index is 0. The van der Waals surface area contributed by atoms with Crippen LogP contribution in [0.4, 0.5) is 0 Å². The first kappa shape index (κ1) is 507. The summed E-state index contributed by atoms with van der Waals surface area (Å²) in [4.78, 5) is 0. The molecule has 0 spiro atoms. The Labute approximate surface area is 246 Å². The molecule has 0 unspecified atom stereocenters. The second-order valence-electron chi connectivity index (χ2n) is 0. The molecule has 0 aliphatic heterocycles. The van der Waals surface area contributed by atoms with Crippen LogP contribution in [-0.4, -0.2) is 86.8 Å². The van der Waals surface area contributed by atoms with Crippen LogP contribution in [0.1, 0.15) is 0 Å². The molecule has 0 radical (unpaired) electrons. The largest absolute Gasteiger partial charge is 3.00 e. The molecule has 12 nitrogen and oxygen atoms in total. The molecule has 0 aromatic heterocycles. The van der Waals surface area contributed by atoms with Crippen LogP contribution in [0.2, 0.25) is 0 Å². The van der Waals surface area contributed by atoms with E-state index in [4.69, 9.17) is 0 Å². The van der Waals surface area contributed by atoms with Crippen LogP contribution in [-0.2, 0) is 164 Å². The van der Waals surface area contributed by atoms with E-state index in [1.807, 2.05) is 0 Å². The first-order valence-corrected chi connectivity index (χ1v) is 0. The first-order valence-electron chi connectivity index (χ1n) is 0. The molecule has 0 N–H and O–H groups in total. The quantitative estimate of drug-likeness (QED) is 0.249. The van der Waals surface area contributed by atoms with Crippen molar-refractivity contribution >= 4 is 86.8 Å². The molecule has 20 heavy (non-hydrogen) atoms. The molecule has 0 aromatic carbocycles. The fourth-order valence-corrected chi connectivity index (χ4v) is 0. The fourth-order valence-electron chi connectivity index (χ4n) is 0. The summed E-state index contributed by atoms with van der Waals surface area (Å²) in [6.07, 6.45) is 0. The molecule has 0 aliphatic rings. The third kappa shape index (κ3) is 394. The molecule has 20 heteroatoms. The van der Waals surface area contributed by atoms with Crippen molar-refractivity contribution in [1.29, 1.82) is 0 Å². The van der Waals surface area contributed by atoms with Gasteiger partial charge in [0.05, 0.1) is 0 Å². The van der Waals surface area contributed by atoms with Crippen LogP contribution in [0.3, 0.4) is 0 Å². The van der Waals surface area contributed by atoms with Crippen molar-refractivity contribution in [3.05, 3.63) is 0 Å². The standard InChI is InChI=1S/5Al.12O.3Y/q5*+3;12*-2;3*+3. The van der Waals surface area contributed by atoms with Gasteiger partial charge in [-0.3, -0.25) is 0 Å². The van der Waals surface area contributed by atoms with Crippen LogP contribution in [0.15, 0.2) is 0 Å². The third-order valence-corrected chi connectivity index (χ3v) is 0. The van der Waals surface area contributed by atoms with Gasteiger partial charge < -0.3 is 65.7 Å². The van der Waals surface area contributed by atoms with Gasteiger partial charge in [0.25, 0.3) is 0 Å². The summed E-state index contributed by atoms with van der Waals surface area (Å²) < 4.78 is 0. The van der Waals surface area contributed by atoms with E-state index in [0.29, 0.717) is 0 Å². The smallest absolute Gasteiger partial charge is 2.00 e. The Hall–Kier alpha value is 5.49. The number of hydrogen-bond donors (Lipinski definition) is 0. The van der Waals surface area contributed by atoms with Gasteiger partial charge in [0.15, 0.2) is 0 Å². The normalized spacial score (nSPS) is 0. The van der Waals surface area contributed by atoms with E-state index >= 15 is 0 Å². The average molecular weight is 594 g/mol. The summed E-state index contributed by atoms with van der Waals surface area (Å²) in [5.74, 6) is 0. The van der Waals surface area contributed by atoms with Crippen molar-refractivity contribution in [3.8, 4) is 0 Å². The van der Waals surface area contributed by atoms with Crippen molar-refractivity contribution < 1.29 is 164 Å². The summed E-state index contributed by atoms with van der Waals surface area (Å²) in [5, 5.41) is 0. The monoisotopic (exact) mass is 594 g/mol. The Morgan fingerprint density at radius 2 is 0.150 bits per heavy atom. The number of rotatable bonds is 0. The van der Waals surface area contributed by atoms with Crippen molar-refractivity contribution in [2.24, 2.45) is 0 Å². The zero-order chi connectivity index (χ0) is 0. The van der Waals surface area contributed by atoms with Gasteiger partial charge in [0.1, 0.15) is 0 Å². The van der Waals surface area contributed by atoms with Crippen LogP contribution >= 0.6 is 0 Å². The first-order chi connectivity index (χ1) is 0. The van der Waals surface area contributed by atoms with E-state index in [2.05, 4.69) is 0 Å². The van der Waals surface area contributed by atoms with Crippen molar-refractivity contribution in [2.75, 3.05) is 0 Å². The van der Waals surface area contributed by atoms with E-state index in [0.717, 1.165) is 0 Å². The van der Waals surface area contributed by atoms with Crippen LogP contribution in [0.25, 0.3) is 0 Å². The van der Waals surface area contributed by atoms with Gasteiger partial charge in [-0.1, -0.05) is 0 Å². The van der Waals surface area contributed by atoms with Crippen LogP contribution < -0.4 is 0 Å².